The lowest BCUT2D eigenvalue weighted by molar-refractivity contribution is 0.0327. The molecule has 0 spiro atoms. The number of carbonyl (C=O) groups excluding carboxylic acids is 2. The Hall–Kier alpha value is -2.07. The molecule has 2 rings (SSSR count). The third kappa shape index (κ3) is 3.34. The third-order valence-corrected chi connectivity index (χ3v) is 3.59. The summed E-state index contributed by atoms with van der Waals surface area (Å²) in [5.41, 5.74) is 1.56. The molecule has 1 heterocycles. The summed E-state index contributed by atoms with van der Waals surface area (Å²) in [6.07, 6.45) is 1.14. The number of hydrogen-bond acceptors (Lipinski definition) is 3. The van der Waals surface area contributed by atoms with Crippen LogP contribution in [0.3, 0.4) is 0 Å². The molecule has 0 N–H and O–H groups in total. The Kier molecular flexibility index (Phi) is 4.48. The largest absolute Gasteiger partial charge is 0.453 e. The Morgan fingerprint density at radius 3 is 2.52 bits per heavy atom. The van der Waals surface area contributed by atoms with Gasteiger partial charge in [0.15, 0.2) is 5.78 Å². The minimum atomic E-state index is -0.489. The topological polar surface area (TPSA) is 48.3 Å². The molecule has 0 aliphatic carbocycles. The van der Waals surface area contributed by atoms with E-state index in [1.54, 1.807) is 30.8 Å². The zero-order valence-electron chi connectivity index (χ0n) is 12.1. The molecule has 0 bridgehead atoms. The molecule has 1 aromatic carbocycles. The van der Waals surface area contributed by atoms with Gasteiger partial charge in [-0.05, 0) is 26.0 Å². The van der Waals surface area contributed by atoms with Gasteiger partial charge in [0.25, 0.3) is 0 Å². The lowest BCUT2D eigenvalue weighted by atomic mass is 10.1. The van der Waals surface area contributed by atoms with E-state index in [2.05, 4.69) is 0 Å². The van der Waals surface area contributed by atoms with E-state index in [0.29, 0.717) is 16.3 Å². The molecule has 0 aliphatic rings. The molecule has 4 nitrogen and oxygen atoms in total. The highest BCUT2D eigenvalue weighted by molar-refractivity contribution is 6.31. The van der Waals surface area contributed by atoms with Crippen LogP contribution in [-0.2, 0) is 11.8 Å². The van der Waals surface area contributed by atoms with Crippen molar-refractivity contribution >= 4 is 23.4 Å². The summed E-state index contributed by atoms with van der Waals surface area (Å²) in [5, 5.41) is 0.550. The van der Waals surface area contributed by atoms with Crippen molar-refractivity contribution in [2.24, 2.45) is 7.05 Å². The maximum absolute atomic E-state index is 12.2. The molecule has 0 radical (unpaired) electrons. The number of halogens is 1. The van der Waals surface area contributed by atoms with Crippen LogP contribution in [0.25, 0.3) is 0 Å². The van der Waals surface area contributed by atoms with Gasteiger partial charge in [0.1, 0.15) is 11.8 Å². The van der Waals surface area contributed by atoms with Crippen molar-refractivity contribution in [2.45, 2.75) is 20.0 Å². The third-order valence-electron chi connectivity index (χ3n) is 3.25. The summed E-state index contributed by atoms with van der Waals surface area (Å²) in [6.45, 7) is 3.21. The second-order valence-electron chi connectivity index (χ2n) is 4.85. The fraction of sp³-hybridized carbons (Fsp3) is 0.250. The van der Waals surface area contributed by atoms with E-state index >= 15 is 0 Å². The average molecular weight is 306 g/mol. The Balaban J connectivity index is 2.18. The summed E-state index contributed by atoms with van der Waals surface area (Å²) < 4.78 is 7.00. The Morgan fingerprint density at radius 1 is 1.29 bits per heavy atom. The van der Waals surface area contributed by atoms with Crippen molar-refractivity contribution in [3.8, 4) is 0 Å². The second-order valence-corrected chi connectivity index (χ2v) is 5.26. The van der Waals surface area contributed by atoms with E-state index < -0.39 is 12.1 Å². The average Bonchev–Trinajstić information content (AvgIpc) is 2.81. The van der Waals surface area contributed by atoms with E-state index in [0.717, 1.165) is 5.56 Å². The van der Waals surface area contributed by atoms with Gasteiger partial charge in [-0.2, -0.15) is 0 Å². The molecule has 5 heteroatoms. The standard InChI is InChI=1S/C16H16ClNO3/c1-10(19)12-8-15(18(3)9-12)16(20)21-11(2)13-6-4-5-7-14(13)17/h4-9,11H,1-3H3/t11-/m0/s1. The molecule has 0 fully saturated rings. The van der Waals surface area contributed by atoms with E-state index in [1.807, 2.05) is 18.2 Å². The molecule has 0 saturated carbocycles. The molecule has 0 saturated heterocycles. The van der Waals surface area contributed by atoms with Gasteiger partial charge in [0.05, 0.1) is 0 Å². The van der Waals surface area contributed by atoms with Crippen LogP contribution in [0.5, 0.6) is 0 Å². The van der Waals surface area contributed by atoms with Gasteiger partial charge in [-0.1, -0.05) is 29.8 Å². The molecule has 1 atom stereocenters. The Bertz CT molecular complexity index is 691. The van der Waals surface area contributed by atoms with Gasteiger partial charge in [0.2, 0.25) is 0 Å². The number of ether oxygens (including phenoxy) is 1. The molecule has 2 aromatic rings. The maximum atomic E-state index is 12.2. The van der Waals surface area contributed by atoms with Crippen LogP contribution in [0.15, 0.2) is 36.5 Å². The zero-order valence-corrected chi connectivity index (χ0v) is 12.8. The van der Waals surface area contributed by atoms with E-state index in [9.17, 15) is 9.59 Å². The Morgan fingerprint density at radius 2 is 1.95 bits per heavy atom. The van der Waals surface area contributed by atoms with Gasteiger partial charge in [-0.15, -0.1) is 0 Å². The second kappa shape index (κ2) is 6.14. The Labute approximate surface area is 128 Å². The number of rotatable bonds is 4. The van der Waals surface area contributed by atoms with Crippen LogP contribution in [-0.4, -0.2) is 16.3 Å². The number of ketones is 1. The maximum Gasteiger partial charge on any atom is 0.355 e. The van der Waals surface area contributed by atoms with E-state index in [4.69, 9.17) is 16.3 Å². The van der Waals surface area contributed by atoms with Crippen LogP contribution >= 0.6 is 11.6 Å². The number of nitrogens with zero attached hydrogens (tertiary/aromatic N) is 1. The van der Waals surface area contributed by atoms with Crippen LogP contribution in [0, 0.1) is 0 Å². The number of benzene rings is 1. The predicted octanol–water partition coefficient (Wildman–Crippen LogP) is 3.80. The normalized spacial score (nSPS) is 12.0. The van der Waals surface area contributed by atoms with Gasteiger partial charge >= 0.3 is 5.97 Å². The summed E-state index contributed by atoms with van der Waals surface area (Å²) in [4.78, 5) is 23.5. The van der Waals surface area contributed by atoms with E-state index in [-0.39, 0.29) is 5.78 Å². The number of carbonyl (C=O) groups is 2. The number of hydrogen-bond donors (Lipinski definition) is 0. The van der Waals surface area contributed by atoms with Crippen LogP contribution in [0.2, 0.25) is 5.02 Å². The fourth-order valence-electron chi connectivity index (χ4n) is 2.05. The molecule has 0 aliphatic heterocycles. The van der Waals surface area contributed by atoms with Crippen molar-refractivity contribution in [2.75, 3.05) is 0 Å². The van der Waals surface area contributed by atoms with Crippen LogP contribution in [0.4, 0.5) is 0 Å². The van der Waals surface area contributed by atoms with Gasteiger partial charge in [-0.25, -0.2) is 4.79 Å². The number of esters is 1. The molecule has 21 heavy (non-hydrogen) atoms. The minimum absolute atomic E-state index is 0.0937. The molecule has 0 unspecified atom stereocenters. The first-order chi connectivity index (χ1) is 9.90. The summed E-state index contributed by atoms with van der Waals surface area (Å²) >= 11 is 6.08. The summed E-state index contributed by atoms with van der Waals surface area (Å²) in [6, 6.07) is 8.74. The highest BCUT2D eigenvalue weighted by Gasteiger charge is 2.19. The first-order valence-electron chi connectivity index (χ1n) is 6.53. The van der Waals surface area contributed by atoms with Gasteiger partial charge < -0.3 is 9.30 Å². The lowest BCUT2D eigenvalue weighted by Gasteiger charge is -2.15. The van der Waals surface area contributed by atoms with Crippen molar-refractivity contribution in [1.82, 2.24) is 4.57 Å². The smallest absolute Gasteiger partial charge is 0.355 e. The molecule has 0 amide bonds. The highest BCUT2D eigenvalue weighted by Crippen LogP contribution is 2.26. The van der Waals surface area contributed by atoms with Crippen molar-refractivity contribution in [3.63, 3.8) is 0 Å². The highest BCUT2D eigenvalue weighted by atomic mass is 35.5. The van der Waals surface area contributed by atoms with Crippen molar-refractivity contribution < 1.29 is 14.3 Å². The van der Waals surface area contributed by atoms with Crippen LogP contribution in [0.1, 0.15) is 46.4 Å². The zero-order chi connectivity index (χ0) is 15.6. The fourth-order valence-corrected chi connectivity index (χ4v) is 2.34. The monoisotopic (exact) mass is 305 g/mol. The first kappa shape index (κ1) is 15.3. The van der Waals surface area contributed by atoms with Gasteiger partial charge in [0, 0.05) is 29.4 Å². The number of Topliss-reactive ketones (excluding diaryl/α,β-unsaturated/α-hetero) is 1. The summed E-state index contributed by atoms with van der Waals surface area (Å²) in [5.74, 6) is -0.582. The molecular weight excluding hydrogens is 290 g/mol. The molecular formula is C16H16ClNO3. The number of aromatic nitrogens is 1. The SMILES string of the molecule is CC(=O)c1cc(C(=O)O[C@@H](C)c2ccccc2Cl)n(C)c1. The quantitative estimate of drug-likeness (QED) is 0.637. The van der Waals surface area contributed by atoms with Crippen LogP contribution < -0.4 is 0 Å². The van der Waals surface area contributed by atoms with Gasteiger partial charge in [-0.3, -0.25) is 4.79 Å². The lowest BCUT2D eigenvalue weighted by Crippen LogP contribution is -2.12. The number of aryl methyl sites for hydroxylation is 1. The van der Waals surface area contributed by atoms with E-state index in [1.165, 1.54) is 13.0 Å². The molecule has 1 aromatic heterocycles. The molecule has 110 valence electrons. The first-order valence-corrected chi connectivity index (χ1v) is 6.90. The summed E-state index contributed by atoms with van der Waals surface area (Å²) in [7, 11) is 1.70. The van der Waals surface area contributed by atoms with Crippen molar-refractivity contribution in [3.05, 3.63) is 58.4 Å². The minimum Gasteiger partial charge on any atom is -0.453 e. The predicted molar refractivity (Wildman–Crippen MR) is 80.7 cm³/mol. The van der Waals surface area contributed by atoms with Crippen molar-refractivity contribution in [1.29, 1.82) is 0 Å².